The van der Waals surface area contributed by atoms with Crippen LogP contribution in [0.15, 0.2) is 58.3 Å². The van der Waals surface area contributed by atoms with Crippen LogP contribution in [-0.2, 0) is 0 Å². The summed E-state index contributed by atoms with van der Waals surface area (Å²) in [6, 6.07) is 14.2. The van der Waals surface area contributed by atoms with Crippen molar-refractivity contribution in [3.8, 4) is 11.3 Å². The van der Waals surface area contributed by atoms with E-state index in [0.29, 0.717) is 23.4 Å². The number of carbonyl (C=O) groups is 2. The Hall–Kier alpha value is -2.46. The second-order valence-corrected chi connectivity index (χ2v) is 5.15. The molecule has 3 rings (SSSR count). The molecule has 0 amide bonds. The fraction of sp³-hybridized carbons (Fsp3) is 0. The number of furan rings is 1. The molecular weight excluding hydrogens is 272 g/mol. The quantitative estimate of drug-likeness (QED) is 0.535. The highest BCUT2D eigenvalue weighted by Gasteiger charge is 2.10. The molecule has 20 heavy (non-hydrogen) atoms. The second-order valence-electron chi connectivity index (χ2n) is 4.20. The largest absolute Gasteiger partial charge is 0.453 e. The number of hydrogen-bond acceptors (Lipinski definition) is 4. The van der Waals surface area contributed by atoms with Gasteiger partial charge in [-0.1, -0.05) is 30.3 Å². The van der Waals surface area contributed by atoms with Crippen LogP contribution in [0.4, 0.5) is 0 Å². The highest BCUT2D eigenvalue weighted by atomic mass is 32.1. The number of thiophene rings is 1. The predicted octanol–water partition coefficient (Wildman–Crippen LogP) is 4.05. The number of ketones is 1. The molecule has 0 aliphatic rings. The van der Waals surface area contributed by atoms with Gasteiger partial charge in [-0.25, -0.2) is 0 Å². The van der Waals surface area contributed by atoms with Crippen molar-refractivity contribution < 1.29 is 14.0 Å². The van der Waals surface area contributed by atoms with Gasteiger partial charge in [-0.2, -0.15) is 0 Å². The van der Waals surface area contributed by atoms with E-state index in [0.717, 1.165) is 10.4 Å². The monoisotopic (exact) mass is 282 g/mol. The van der Waals surface area contributed by atoms with E-state index in [9.17, 15) is 9.59 Å². The molecule has 0 aliphatic carbocycles. The molecule has 4 heteroatoms. The average molecular weight is 282 g/mol. The molecule has 0 N–H and O–H groups in total. The van der Waals surface area contributed by atoms with Crippen molar-refractivity contribution in [2.45, 2.75) is 0 Å². The van der Waals surface area contributed by atoms with E-state index in [2.05, 4.69) is 0 Å². The molecule has 0 radical (unpaired) electrons. The first-order valence-electron chi connectivity index (χ1n) is 6.01. The maximum Gasteiger partial charge on any atom is 0.202 e. The molecule has 1 aromatic carbocycles. The predicted molar refractivity (Wildman–Crippen MR) is 77.3 cm³/mol. The van der Waals surface area contributed by atoms with Crippen LogP contribution >= 0.6 is 11.3 Å². The lowest BCUT2D eigenvalue weighted by molar-refractivity contribution is 0.104. The van der Waals surface area contributed by atoms with Crippen molar-refractivity contribution in [3.05, 3.63) is 70.1 Å². The number of aldehydes is 1. The summed E-state index contributed by atoms with van der Waals surface area (Å²) in [5.41, 5.74) is 1.47. The maximum atomic E-state index is 12.1. The number of carbonyl (C=O) groups excluding carboxylic acids is 2. The van der Waals surface area contributed by atoms with Gasteiger partial charge in [0.2, 0.25) is 5.78 Å². The Morgan fingerprint density at radius 3 is 2.45 bits per heavy atom. The number of hydrogen-bond donors (Lipinski definition) is 0. The first kappa shape index (κ1) is 12.6. The van der Waals surface area contributed by atoms with E-state index < -0.39 is 0 Å². The Labute approximate surface area is 119 Å². The molecule has 2 heterocycles. The Morgan fingerprint density at radius 2 is 1.85 bits per heavy atom. The van der Waals surface area contributed by atoms with Gasteiger partial charge in [-0.3, -0.25) is 9.59 Å². The SMILES string of the molecule is O=Cc1ccc(-c2ccc(C(=O)c3cccs3)cc2)o1. The first-order valence-corrected chi connectivity index (χ1v) is 6.89. The lowest BCUT2D eigenvalue weighted by Crippen LogP contribution is -1.97. The number of rotatable bonds is 4. The molecule has 0 saturated heterocycles. The minimum absolute atomic E-state index is 0.0135. The molecule has 0 spiro atoms. The van der Waals surface area contributed by atoms with Gasteiger partial charge in [-0.05, 0) is 23.6 Å². The van der Waals surface area contributed by atoms with Crippen LogP contribution in [0.2, 0.25) is 0 Å². The fourth-order valence-electron chi connectivity index (χ4n) is 1.91. The van der Waals surface area contributed by atoms with Crippen molar-refractivity contribution in [2.75, 3.05) is 0 Å². The summed E-state index contributed by atoms with van der Waals surface area (Å²) in [6.45, 7) is 0. The third kappa shape index (κ3) is 2.33. The van der Waals surface area contributed by atoms with Gasteiger partial charge >= 0.3 is 0 Å². The summed E-state index contributed by atoms with van der Waals surface area (Å²) in [5, 5.41) is 1.88. The molecule has 98 valence electrons. The van der Waals surface area contributed by atoms with Crippen LogP contribution in [0.25, 0.3) is 11.3 Å². The number of benzene rings is 1. The highest BCUT2D eigenvalue weighted by molar-refractivity contribution is 7.12. The summed E-state index contributed by atoms with van der Waals surface area (Å²) in [5.74, 6) is 0.917. The molecule has 0 unspecified atom stereocenters. The van der Waals surface area contributed by atoms with Crippen molar-refractivity contribution in [1.29, 1.82) is 0 Å². The summed E-state index contributed by atoms with van der Waals surface area (Å²) in [7, 11) is 0. The molecule has 0 bridgehead atoms. The van der Waals surface area contributed by atoms with Gasteiger partial charge in [0, 0.05) is 11.1 Å². The Bertz CT molecular complexity index is 736. The lowest BCUT2D eigenvalue weighted by Gasteiger charge is -2.00. The van der Waals surface area contributed by atoms with Crippen molar-refractivity contribution in [3.63, 3.8) is 0 Å². The zero-order valence-electron chi connectivity index (χ0n) is 10.4. The fourth-order valence-corrected chi connectivity index (χ4v) is 2.59. The topological polar surface area (TPSA) is 47.3 Å². The van der Waals surface area contributed by atoms with Gasteiger partial charge < -0.3 is 4.42 Å². The van der Waals surface area contributed by atoms with Gasteiger partial charge in [-0.15, -0.1) is 11.3 Å². The summed E-state index contributed by atoms with van der Waals surface area (Å²) < 4.78 is 5.34. The third-order valence-electron chi connectivity index (χ3n) is 2.92. The normalized spacial score (nSPS) is 10.4. The lowest BCUT2D eigenvalue weighted by atomic mass is 10.1. The molecule has 0 fully saturated rings. The van der Waals surface area contributed by atoms with E-state index in [-0.39, 0.29) is 5.78 Å². The first-order chi connectivity index (χ1) is 9.78. The standard InChI is InChI=1S/C16H10O3S/c17-10-13-7-8-14(19-13)11-3-5-12(6-4-11)16(18)15-2-1-9-20-15/h1-10H. The van der Waals surface area contributed by atoms with Crippen LogP contribution in [0.5, 0.6) is 0 Å². The molecule has 3 aromatic rings. The van der Waals surface area contributed by atoms with E-state index >= 15 is 0 Å². The molecule has 0 atom stereocenters. The van der Waals surface area contributed by atoms with Gasteiger partial charge in [0.15, 0.2) is 12.0 Å². The van der Waals surface area contributed by atoms with Crippen LogP contribution in [0, 0.1) is 0 Å². The minimum atomic E-state index is 0.0135. The van der Waals surface area contributed by atoms with E-state index in [4.69, 9.17) is 4.42 Å². The van der Waals surface area contributed by atoms with E-state index in [1.807, 2.05) is 29.6 Å². The minimum Gasteiger partial charge on any atom is -0.453 e. The van der Waals surface area contributed by atoms with Crippen molar-refractivity contribution in [1.82, 2.24) is 0 Å². The molecular formula is C16H10O3S. The van der Waals surface area contributed by atoms with Crippen LogP contribution < -0.4 is 0 Å². The third-order valence-corrected chi connectivity index (χ3v) is 3.79. The Morgan fingerprint density at radius 1 is 1.05 bits per heavy atom. The van der Waals surface area contributed by atoms with Crippen LogP contribution in [0.3, 0.4) is 0 Å². The molecule has 0 aliphatic heterocycles. The van der Waals surface area contributed by atoms with Crippen LogP contribution in [0.1, 0.15) is 25.8 Å². The zero-order chi connectivity index (χ0) is 13.9. The van der Waals surface area contributed by atoms with Crippen molar-refractivity contribution >= 4 is 23.4 Å². The van der Waals surface area contributed by atoms with Crippen molar-refractivity contribution in [2.24, 2.45) is 0 Å². The smallest absolute Gasteiger partial charge is 0.202 e. The summed E-state index contributed by atoms with van der Waals surface area (Å²) in [6.07, 6.45) is 0.665. The summed E-state index contributed by atoms with van der Waals surface area (Å²) >= 11 is 1.43. The second kappa shape index (κ2) is 5.27. The molecule has 0 saturated carbocycles. The highest BCUT2D eigenvalue weighted by Crippen LogP contribution is 2.23. The van der Waals surface area contributed by atoms with Gasteiger partial charge in [0.05, 0.1) is 4.88 Å². The van der Waals surface area contributed by atoms with Gasteiger partial charge in [0.1, 0.15) is 5.76 Å². The zero-order valence-corrected chi connectivity index (χ0v) is 11.2. The average Bonchev–Trinajstić information content (AvgIpc) is 3.18. The van der Waals surface area contributed by atoms with Gasteiger partial charge in [0.25, 0.3) is 0 Å². The van der Waals surface area contributed by atoms with Crippen LogP contribution in [-0.4, -0.2) is 12.1 Å². The van der Waals surface area contributed by atoms with E-state index in [1.165, 1.54) is 11.3 Å². The molecule has 2 aromatic heterocycles. The summed E-state index contributed by atoms with van der Waals surface area (Å²) in [4.78, 5) is 23.5. The maximum absolute atomic E-state index is 12.1. The Kier molecular flexibility index (Phi) is 3.31. The van der Waals surface area contributed by atoms with E-state index in [1.54, 1.807) is 24.3 Å². The Balaban J connectivity index is 1.88. The molecule has 3 nitrogen and oxygen atoms in total.